The van der Waals surface area contributed by atoms with Gasteiger partial charge in [0.05, 0.1) is 0 Å². The van der Waals surface area contributed by atoms with Gasteiger partial charge in [-0.25, -0.2) is 18.8 Å². The number of hydrogen-bond acceptors (Lipinski definition) is 25. The van der Waals surface area contributed by atoms with Gasteiger partial charge < -0.3 is 89.7 Å². The Morgan fingerprint density at radius 1 is 0.555 bits per heavy atom. The smallest absolute Gasteiger partial charge is 0.335 e. The number of alkyl halides is 1. The van der Waals surface area contributed by atoms with Crippen LogP contribution in [-0.4, -0.2) is 236 Å². The molecule has 9 unspecified atom stereocenters. The minimum Gasteiger partial charge on any atom is -0.479 e. The summed E-state index contributed by atoms with van der Waals surface area (Å²) >= 11 is 0. The molecule has 0 bridgehead atoms. The molecule has 29 heteroatoms. The van der Waals surface area contributed by atoms with Crippen LogP contribution in [0.15, 0.2) is 58.7 Å². The van der Waals surface area contributed by atoms with Crippen LogP contribution in [0.1, 0.15) is 170 Å². The minimum atomic E-state index is -3.39. The summed E-state index contributed by atoms with van der Waals surface area (Å²) in [6.07, 6.45) is -12.2. The second-order valence-corrected chi connectivity index (χ2v) is 36.2. The highest BCUT2D eigenvalue weighted by Crippen LogP contribution is 2.71. The number of aliphatic hydroxyl groups excluding tert-OH is 9. The van der Waals surface area contributed by atoms with Gasteiger partial charge in [-0.05, 0) is 184 Å². The maximum absolute atomic E-state index is 17.6. The van der Waals surface area contributed by atoms with Crippen LogP contribution >= 0.6 is 0 Å². The molecule has 15 rings (SSSR count). The van der Waals surface area contributed by atoms with Gasteiger partial charge >= 0.3 is 17.9 Å². The standard InChI is InChI=1S/C54H69FO18.C27H36O10/c1-49-16-13-26(56)21-24(49)5-7-28-29-9-12-34(50(29,2)17-15-30(28)49)36(59)44(64)54(45(65)40(63)39(62)42(72-54)47(68)69)73-43-38(61)37(60)41(46(66)67)71-48(43)70-23-35(58)33-11-10-31-32-8-6-25-22-27(57)14-18-52(25,4)53(32,55)20-19-51(31,33)3;1-26-8-6-15-13(10-18(29)17-9-12(28)5-7-27(15,17)2)14(26)3-4-16(26)19(30)11-36-25-22(33)20(31)21(32)23(37-25)24(34)35/h6,8,15,21-22,28-29,31-34,37-45,48,60-65H,5,7,9-14,16-20,23H2,1-4H3,(H,66,67)(H,68,69);9,13-16,20-23,25,31-33H,3-8,10-11H2,1-2H3,(H,34,35)/t28?,29?,31-,32-,33+,34+,37-,38-,39-,40-,41-,42-,43+,44?,45+,48?,49-,50-,51-,52-,53+,54?;13?,14?,15?,16-,20+,21+,22-,23+,25?,26+,27-/m01/s1. The van der Waals surface area contributed by atoms with Crippen molar-refractivity contribution in [2.75, 3.05) is 13.2 Å². The Kier molecular flexibility index (Phi) is 21.2. The second-order valence-electron chi connectivity index (χ2n) is 36.2. The molecule has 0 aromatic rings. The van der Waals surface area contributed by atoms with Crippen molar-refractivity contribution in [3.63, 3.8) is 0 Å². The number of aliphatic hydroxyl groups is 9. The molecule has 604 valence electrons. The van der Waals surface area contributed by atoms with Crippen molar-refractivity contribution in [2.45, 2.75) is 273 Å². The van der Waals surface area contributed by atoms with Gasteiger partial charge in [0, 0.05) is 65.8 Å². The van der Waals surface area contributed by atoms with Crippen LogP contribution < -0.4 is 0 Å². The SMILES string of the molecule is C[C@]12CCC(=O)C=C1C(=O)CC1C2CC[C@@]2(C)C1CC[C@@H]2C(=O)COC1O[C@H](C(=O)O)[C@@H](O)[C@H](O)[C@H]1O.C[C@]12CCC(=O)C=C1CCC1C2=CC[C@@]2(C)C1CC[C@@H]2C(=O)C(O)C1(O[C@H]2C(OCC(=O)[C@H]3CC[C@H]4[C@@H]5C=CC6=CC(=O)CC[C@]6(C)[C@@]5(F)CC[C@]34C)O[C@H](C(=O)O)[C@@H](O)[C@@H]2O)O[C@H](C(=O)O)[C@@H](O)[C@H](O)[C@H]1O. The van der Waals surface area contributed by atoms with Gasteiger partial charge in [-0.1, -0.05) is 70.9 Å². The molecule has 10 fully saturated rings. The normalized spacial score (nSPS) is 48.7. The number of Topliss-reactive ketones (excluding diaryl/α,β-unsaturated/α-hetero) is 4. The van der Waals surface area contributed by atoms with Crippen molar-refractivity contribution in [2.24, 2.45) is 91.7 Å². The third-order valence-corrected chi connectivity index (χ3v) is 31.2. The Labute approximate surface area is 634 Å². The first-order valence-electron chi connectivity index (χ1n) is 39.3. The zero-order chi connectivity index (χ0) is 79.6. The Morgan fingerprint density at radius 3 is 1.78 bits per heavy atom. The molecule has 0 aromatic carbocycles. The van der Waals surface area contributed by atoms with E-state index in [0.29, 0.717) is 107 Å². The van der Waals surface area contributed by atoms with Crippen LogP contribution in [-0.2, 0) is 76.4 Å². The van der Waals surface area contributed by atoms with Gasteiger partial charge in [-0.3, -0.25) is 33.6 Å². The van der Waals surface area contributed by atoms with Crippen molar-refractivity contribution >= 4 is 58.4 Å². The summed E-state index contributed by atoms with van der Waals surface area (Å²) in [7, 11) is 0. The summed E-state index contributed by atoms with van der Waals surface area (Å²) in [5.41, 5.74) is -1.51. The number of ketones is 7. The van der Waals surface area contributed by atoms with Gasteiger partial charge in [0.2, 0.25) is 5.79 Å². The van der Waals surface area contributed by atoms with E-state index in [2.05, 4.69) is 26.8 Å². The Bertz CT molecular complexity index is 3980. The number of rotatable bonds is 16. The Morgan fingerprint density at radius 2 is 1.12 bits per heavy atom. The molecule has 3 heterocycles. The van der Waals surface area contributed by atoms with Crippen molar-refractivity contribution in [3.8, 4) is 0 Å². The molecule has 3 saturated heterocycles. The quantitative estimate of drug-likeness (QED) is 0.0983. The molecule has 7 saturated carbocycles. The molecular formula is C81H105FO28. The molecule has 33 atom stereocenters. The molecule has 12 N–H and O–H groups in total. The molecule has 28 nitrogen and oxygen atoms in total. The zero-order valence-electron chi connectivity index (χ0n) is 62.7. The number of halogens is 1. The topological polar surface area (TPSA) is 469 Å². The number of fused-ring (bicyclic) bond motifs is 15. The van der Waals surface area contributed by atoms with E-state index >= 15 is 9.18 Å². The number of hydrogen-bond donors (Lipinski definition) is 12. The lowest BCUT2D eigenvalue weighted by Gasteiger charge is -2.59. The van der Waals surface area contributed by atoms with Gasteiger partial charge in [-0.15, -0.1) is 0 Å². The van der Waals surface area contributed by atoms with E-state index in [1.807, 2.05) is 32.9 Å². The second kappa shape index (κ2) is 28.8. The first-order chi connectivity index (χ1) is 51.6. The molecule has 15 aliphatic rings. The third kappa shape index (κ3) is 12.5. The van der Waals surface area contributed by atoms with Crippen LogP contribution in [0, 0.1) is 91.7 Å². The third-order valence-electron chi connectivity index (χ3n) is 31.2. The number of carboxylic acid groups (broad SMARTS) is 3. The highest BCUT2D eigenvalue weighted by atomic mass is 19.1. The number of aliphatic carboxylic acids is 3. The van der Waals surface area contributed by atoms with Crippen LogP contribution in [0.5, 0.6) is 0 Å². The maximum Gasteiger partial charge on any atom is 0.335 e. The predicted octanol–water partition coefficient (Wildman–Crippen LogP) is 3.56. The zero-order valence-corrected chi connectivity index (χ0v) is 62.7. The average molecular weight is 1550 g/mol. The summed E-state index contributed by atoms with van der Waals surface area (Å²) in [5, 5.41) is 129. The van der Waals surface area contributed by atoms with E-state index in [4.69, 9.17) is 28.4 Å². The number of carboxylic acids is 3. The summed E-state index contributed by atoms with van der Waals surface area (Å²) in [4.78, 5) is 129. The molecule has 12 aliphatic carbocycles. The minimum absolute atomic E-state index is 0.0221. The summed E-state index contributed by atoms with van der Waals surface area (Å²) in [5.74, 6) is -12.5. The summed E-state index contributed by atoms with van der Waals surface area (Å²) < 4.78 is 51.8. The highest BCUT2D eigenvalue weighted by molar-refractivity contribution is 6.06. The van der Waals surface area contributed by atoms with Gasteiger partial charge in [-0.2, -0.15) is 0 Å². The first kappa shape index (κ1) is 80.7. The van der Waals surface area contributed by atoms with Crippen LogP contribution in [0.25, 0.3) is 0 Å². The van der Waals surface area contributed by atoms with Crippen LogP contribution in [0.3, 0.4) is 0 Å². The van der Waals surface area contributed by atoms with E-state index in [1.165, 1.54) is 11.6 Å². The fraction of sp³-hybridized carbons (Fsp3) is 0.753. The number of ether oxygens (including phenoxy) is 6. The average Bonchev–Trinajstić information content (AvgIpc) is 1.22. The van der Waals surface area contributed by atoms with Crippen LogP contribution in [0.4, 0.5) is 4.39 Å². The van der Waals surface area contributed by atoms with E-state index in [9.17, 15) is 104 Å². The molecule has 0 amide bonds. The number of carbonyl (C=O) groups excluding carboxylic acids is 7. The van der Waals surface area contributed by atoms with Gasteiger partial charge in [0.25, 0.3) is 0 Å². The molecule has 0 aromatic heterocycles. The number of allylic oxidation sites excluding steroid dienone is 9. The lowest BCUT2D eigenvalue weighted by atomic mass is 9.46. The first-order valence-corrected chi connectivity index (χ1v) is 39.3. The number of carbonyl (C=O) groups is 10. The summed E-state index contributed by atoms with van der Waals surface area (Å²) in [6, 6.07) is 0. The lowest BCUT2D eigenvalue weighted by Crippen LogP contribution is -2.75. The van der Waals surface area contributed by atoms with Crippen molar-refractivity contribution in [3.05, 3.63) is 58.7 Å². The summed E-state index contributed by atoms with van der Waals surface area (Å²) in [6.45, 7) is 10.8. The molecule has 0 radical (unpaired) electrons. The van der Waals surface area contributed by atoms with Gasteiger partial charge in [0.15, 0.2) is 77.5 Å². The lowest BCUT2D eigenvalue weighted by molar-refractivity contribution is -0.418. The van der Waals surface area contributed by atoms with Gasteiger partial charge in [0.1, 0.15) is 73.8 Å². The Hall–Kier alpha value is -5.87. The van der Waals surface area contributed by atoms with E-state index in [0.717, 1.165) is 24.8 Å². The van der Waals surface area contributed by atoms with Crippen molar-refractivity contribution < 1.29 is 142 Å². The molecular weight excluding hydrogens is 1440 g/mol. The molecule has 110 heavy (non-hydrogen) atoms. The van der Waals surface area contributed by atoms with Crippen molar-refractivity contribution in [1.29, 1.82) is 0 Å². The molecule has 0 spiro atoms. The predicted molar refractivity (Wildman–Crippen MR) is 375 cm³/mol. The largest absolute Gasteiger partial charge is 0.479 e. The fourth-order valence-electron chi connectivity index (χ4n) is 24.8. The van der Waals surface area contributed by atoms with Crippen molar-refractivity contribution in [1.82, 2.24) is 0 Å². The maximum atomic E-state index is 17.6. The Balaban J connectivity index is 0.000000228. The highest BCUT2D eigenvalue weighted by Gasteiger charge is 2.71. The van der Waals surface area contributed by atoms with E-state index in [1.54, 1.807) is 12.2 Å². The van der Waals surface area contributed by atoms with E-state index < -0.39 is 180 Å². The molecule has 3 aliphatic heterocycles. The van der Waals surface area contributed by atoms with Crippen LogP contribution in [0.2, 0.25) is 0 Å². The fourth-order valence-corrected chi connectivity index (χ4v) is 24.8. The monoisotopic (exact) mass is 1540 g/mol. The van der Waals surface area contributed by atoms with E-state index in [-0.39, 0.29) is 99.9 Å².